The van der Waals surface area contributed by atoms with Crippen LogP contribution in [0.1, 0.15) is 37.3 Å². The van der Waals surface area contributed by atoms with E-state index in [-0.39, 0.29) is 5.78 Å². The summed E-state index contributed by atoms with van der Waals surface area (Å²) in [6, 6.07) is 21.2. The zero-order valence-electron chi connectivity index (χ0n) is 15.3. The van der Waals surface area contributed by atoms with E-state index < -0.39 is 0 Å². The van der Waals surface area contributed by atoms with E-state index in [2.05, 4.69) is 72.5 Å². The molecule has 2 rings (SSSR count). The van der Waals surface area contributed by atoms with Crippen molar-refractivity contribution in [3.05, 3.63) is 71.8 Å². The molecule has 0 aliphatic rings. The first-order valence-electron chi connectivity index (χ1n) is 8.96. The SMILES string of the molecule is CC(=O)CC#CCC(CCSCc1ccccc1)SCc1ccccc1. The van der Waals surface area contributed by atoms with Crippen LogP contribution in [0.3, 0.4) is 0 Å². The molecule has 0 spiro atoms. The molecule has 0 aliphatic heterocycles. The normalized spacial score (nSPS) is 11.4. The van der Waals surface area contributed by atoms with E-state index in [1.165, 1.54) is 11.1 Å². The molecule has 0 saturated carbocycles. The highest BCUT2D eigenvalue weighted by molar-refractivity contribution is 7.99. The van der Waals surface area contributed by atoms with Crippen molar-refractivity contribution in [2.24, 2.45) is 0 Å². The Morgan fingerprint density at radius 2 is 1.54 bits per heavy atom. The van der Waals surface area contributed by atoms with Crippen LogP contribution in [0.5, 0.6) is 0 Å². The number of carbonyl (C=O) groups excluding carboxylic acids is 1. The number of benzene rings is 2. The Kier molecular flexibility index (Phi) is 10.1. The summed E-state index contributed by atoms with van der Waals surface area (Å²) in [4.78, 5) is 11.0. The van der Waals surface area contributed by atoms with Crippen LogP contribution in [-0.4, -0.2) is 16.8 Å². The number of thioether (sulfide) groups is 2. The second kappa shape index (κ2) is 12.7. The van der Waals surface area contributed by atoms with E-state index in [0.29, 0.717) is 11.7 Å². The third-order valence-electron chi connectivity index (χ3n) is 3.82. The zero-order valence-corrected chi connectivity index (χ0v) is 17.0. The average molecular weight is 383 g/mol. The van der Waals surface area contributed by atoms with E-state index in [0.717, 1.165) is 30.1 Å². The summed E-state index contributed by atoms with van der Waals surface area (Å²) in [5.74, 6) is 9.58. The van der Waals surface area contributed by atoms with Gasteiger partial charge in [-0.05, 0) is 30.2 Å². The van der Waals surface area contributed by atoms with Crippen molar-refractivity contribution in [3.63, 3.8) is 0 Å². The van der Waals surface area contributed by atoms with Crippen molar-refractivity contribution in [2.75, 3.05) is 5.75 Å². The summed E-state index contributed by atoms with van der Waals surface area (Å²) in [6.45, 7) is 1.59. The summed E-state index contributed by atoms with van der Waals surface area (Å²) >= 11 is 3.96. The quantitative estimate of drug-likeness (QED) is 0.371. The summed E-state index contributed by atoms with van der Waals surface area (Å²) in [5.41, 5.74) is 2.74. The van der Waals surface area contributed by atoms with Gasteiger partial charge in [0.25, 0.3) is 0 Å². The van der Waals surface area contributed by atoms with Gasteiger partial charge < -0.3 is 0 Å². The molecule has 0 N–H and O–H groups in total. The molecule has 0 heterocycles. The van der Waals surface area contributed by atoms with Crippen molar-refractivity contribution in [1.82, 2.24) is 0 Å². The fourth-order valence-corrected chi connectivity index (χ4v) is 4.66. The lowest BCUT2D eigenvalue weighted by Gasteiger charge is -2.14. The first-order valence-corrected chi connectivity index (χ1v) is 11.2. The third-order valence-corrected chi connectivity index (χ3v) is 6.25. The molecule has 0 radical (unpaired) electrons. The minimum Gasteiger partial charge on any atom is -0.299 e. The van der Waals surface area contributed by atoms with Crippen molar-refractivity contribution < 1.29 is 4.79 Å². The molecular weight excluding hydrogens is 356 g/mol. The lowest BCUT2D eigenvalue weighted by atomic mass is 10.2. The topological polar surface area (TPSA) is 17.1 Å². The Morgan fingerprint density at radius 3 is 2.15 bits per heavy atom. The predicted molar refractivity (Wildman–Crippen MR) is 116 cm³/mol. The van der Waals surface area contributed by atoms with Crippen LogP contribution < -0.4 is 0 Å². The summed E-state index contributed by atoms with van der Waals surface area (Å²) < 4.78 is 0. The van der Waals surface area contributed by atoms with Gasteiger partial charge in [0.15, 0.2) is 0 Å². The van der Waals surface area contributed by atoms with E-state index >= 15 is 0 Å². The van der Waals surface area contributed by atoms with Crippen LogP contribution >= 0.6 is 23.5 Å². The third kappa shape index (κ3) is 9.17. The van der Waals surface area contributed by atoms with Crippen LogP contribution in [-0.2, 0) is 16.3 Å². The monoisotopic (exact) mass is 382 g/mol. The second-order valence-electron chi connectivity index (χ2n) is 6.18. The number of hydrogen-bond acceptors (Lipinski definition) is 3. The molecule has 3 heteroatoms. The van der Waals surface area contributed by atoms with E-state index in [1.807, 2.05) is 23.5 Å². The fourth-order valence-electron chi connectivity index (χ4n) is 2.38. The molecule has 1 nitrogen and oxygen atoms in total. The van der Waals surface area contributed by atoms with Gasteiger partial charge in [0.2, 0.25) is 0 Å². The maximum atomic E-state index is 11.0. The minimum atomic E-state index is 0.143. The Hall–Kier alpha value is -1.63. The fraction of sp³-hybridized carbons (Fsp3) is 0.348. The number of Topliss-reactive ketones (excluding diaryl/α,β-unsaturated/α-hetero) is 1. The first-order chi connectivity index (χ1) is 12.7. The molecule has 1 unspecified atom stereocenters. The lowest BCUT2D eigenvalue weighted by Crippen LogP contribution is -2.04. The van der Waals surface area contributed by atoms with Gasteiger partial charge in [0.05, 0.1) is 6.42 Å². The first kappa shape index (κ1) is 20.7. The molecule has 0 aliphatic carbocycles. The maximum absolute atomic E-state index is 11.0. The Balaban J connectivity index is 1.78. The number of hydrogen-bond donors (Lipinski definition) is 0. The molecule has 0 aromatic heterocycles. The lowest BCUT2D eigenvalue weighted by molar-refractivity contribution is -0.116. The predicted octanol–water partition coefficient (Wildman–Crippen LogP) is 5.98. The molecular formula is C23H26OS2. The van der Waals surface area contributed by atoms with Crippen LogP contribution in [0.15, 0.2) is 60.7 Å². The highest BCUT2D eigenvalue weighted by Crippen LogP contribution is 2.25. The molecule has 0 saturated heterocycles. The molecule has 2 aromatic rings. The largest absolute Gasteiger partial charge is 0.299 e. The summed E-state index contributed by atoms with van der Waals surface area (Å²) in [5, 5.41) is 0.512. The number of carbonyl (C=O) groups is 1. The Morgan fingerprint density at radius 1 is 0.923 bits per heavy atom. The van der Waals surface area contributed by atoms with Crippen molar-refractivity contribution in [3.8, 4) is 11.8 Å². The van der Waals surface area contributed by atoms with Crippen molar-refractivity contribution in [2.45, 2.75) is 42.9 Å². The smallest absolute Gasteiger partial charge is 0.141 e. The van der Waals surface area contributed by atoms with Crippen LogP contribution in [0.2, 0.25) is 0 Å². The molecule has 136 valence electrons. The molecule has 0 amide bonds. The van der Waals surface area contributed by atoms with Crippen molar-refractivity contribution >= 4 is 29.3 Å². The summed E-state index contributed by atoms with van der Waals surface area (Å²) in [6.07, 6.45) is 2.37. The van der Waals surface area contributed by atoms with Gasteiger partial charge in [0, 0.05) is 23.2 Å². The van der Waals surface area contributed by atoms with Crippen molar-refractivity contribution in [1.29, 1.82) is 0 Å². The molecule has 2 aromatic carbocycles. The van der Waals surface area contributed by atoms with Gasteiger partial charge in [0.1, 0.15) is 5.78 Å². The summed E-state index contributed by atoms with van der Waals surface area (Å²) in [7, 11) is 0. The van der Waals surface area contributed by atoms with Crippen LogP contribution in [0.4, 0.5) is 0 Å². The Labute approximate surface area is 166 Å². The van der Waals surface area contributed by atoms with Crippen LogP contribution in [0.25, 0.3) is 0 Å². The minimum absolute atomic E-state index is 0.143. The molecule has 0 bridgehead atoms. The Bertz CT molecular complexity index is 701. The van der Waals surface area contributed by atoms with Gasteiger partial charge in [-0.15, -0.1) is 5.92 Å². The van der Waals surface area contributed by atoms with Gasteiger partial charge in [-0.3, -0.25) is 4.79 Å². The van der Waals surface area contributed by atoms with Gasteiger partial charge in [-0.2, -0.15) is 23.5 Å². The van der Waals surface area contributed by atoms with Gasteiger partial charge in [-0.1, -0.05) is 66.6 Å². The van der Waals surface area contributed by atoms with Crippen LogP contribution in [0, 0.1) is 11.8 Å². The molecule has 1 atom stereocenters. The standard InChI is InChI=1S/C23H26OS2/c1-20(24)10-8-9-15-23(26-19-22-13-6-3-7-14-22)16-17-25-18-21-11-4-2-5-12-21/h2-7,11-14,23H,10,15-19H2,1H3. The molecule has 26 heavy (non-hydrogen) atoms. The van der Waals surface area contributed by atoms with E-state index in [4.69, 9.17) is 0 Å². The average Bonchev–Trinajstić information content (AvgIpc) is 2.67. The molecule has 0 fully saturated rings. The maximum Gasteiger partial charge on any atom is 0.141 e. The zero-order chi connectivity index (χ0) is 18.5. The van der Waals surface area contributed by atoms with E-state index in [9.17, 15) is 4.79 Å². The van der Waals surface area contributed by atoms with Gasteiger partial charge >= 0.3 is 0 Å². The number of ketones is 1. The highest BCUT2D eigenvalue weighted by atomic mass is 32.2. The van der Waals surface area contributed by atoms with E-state index in [1.54, 1.807) is 6.92 Å². The number of rotatable bonds is 10. The van der Waals surface area contributed by atoms with Gasteiger partial charge in [-0.25, -0.2) is 0 Å². The highest BCUT2D eigenvalue weighted by Gasteiger charge is 2.09. The second-order valence-corrected chi connectivity index (χ2v) is 8.58.